The van der Waals surface area contributed by atoms with E-state index in [9.17, 15) is 8.42 Å². The molecule has 138 valence electrons. The third-order valence-corrected chi connectivity index (χ3v) is 6.39. The summed E-state index contributed by atoms with van der Waals surface area (Å²) >= 11 is 6.05. The zero-order chi connectivity index (χ0) is 18.7. The van der Waals surface area contributed by atoms with E-state index in [4.69, 9.17) is 11.6 Å². The van der Waals surface area contributed by atoms with Crippen LogP contribution in [-0.4, -0.2) is 24.5 Å². The Balaban J connectivity index is 1.78. The lowest BCUT2D eigenvalue weighted by molar-refractivity contribution is 0.581. The molecular formula is C19H22ClN3O2S. The minimum atomic E-state index is -3.60. The minimum absolute atomic E-state index is 0.222. The van der Waals surface area contributed by atoms with Gasteiger partial charge in [0.25, 0.3) is 0 Å². The average molecular weight is 392 g/mol. The summed E-state index contributed by atoms with van der Waals surface area (Å²) in [5, 5.41) is 1.51. The monoisotopic (exact) mass is 391 g/mol. The molecule has 1 aromatic carbocycles. The Morgan fingerprint density at radius 1 is 1.23 bits per heavy atom. The van der Waals surface area contributed by atoms with E-state index in [-0.39, 0.29) is 4.90 Å². The van der Waals surface area contributed by atoms with Gasteiger partial charge in [-0.3, -0.25) is 0 Å². The highest BCUT2D eigenvalue weighted by Gasteiger charge is 2.18. The highest BCUT2D eigenvalue weighted by molar-refractivity contribution is 7.89. The molecule has 7 heteroatoms. The van der Waals surface area contributed by atoms with Crippen LogP contribution >= 0.6 is 11.6 Å². The van der Waals surface area contributed by atoms with Crippen molar-refractivity contribution in [2.24, 2.45) is 0 Å². The summed E-state index contributed by atoms with van der Waals surface area (Å²) in [6.07, 6.45) is 5.46. The maximum Gasteiger partial charge on any atom is 0.240 e. The Kier molecular flexibility index (Phi) is 5.65. The Labute approximate surface area is 159 Å². The second kappa shape index (κ2) is 7.78. The zero-order valence-corrected chi connectivity index (χ0v) is 16.4. The lowest BCUT2D eigenvalue weighted by Crippen LogP contribution is -2.26. The van der Waals surface area contributed by atoms with Gasteiger partial charge in [-0.25, -0.2) is 18.1 Å². The molecule has 3 rings (SSSR count). The Bertz CT molecular complexity index is 1030. The number of hydrogen-bond acceptors (Lipinski definition) is 3. The summed E-state index contributed by atoms with van der Waals surface area (Å²) in [6, 6.07) is 8.83. The molecule has 5 nitrogen and oxygen atoms in total. The van der Waals surface area contributed by atoms with Gasteiger partial charge in [-0.15, -0.1) is 0 Å². The summed E-state index contributed by atoms with van der Waals surface area (Å²) in [6.45, 7) is 5.03. The normalized spacial score (nSPS) is 12.0. The lowest BCUT2D eigenvalue weighted by atomic mass is 10.2. The molecule has 2 aromatic heterocycles. The van der Waals surface area contributed by atoms with E-state index < -0.39 is 10.0 Å². The van der Waals surface area contributed by atoms with Gasteiger partial charge in [0.2, 0.25) is 10.0 Å². The molecule has 0 fully saturated rings. The number of aromatic nitrogens is 2. The summed E-state index contributed by atoms with van der Waals surface area (Å²) in [7, 11) is -3.60. The number of aryl methyl sites for hydroxylation is 1. The van der Waals surface area contributed by atoms with Crippen molar-refractivity contribution in [1.82, 2.24) is 14.3 Å². The third kappa shape index (κ3) is 3.77. The van der Waals surface area contributed by atoms with Gasteiger partial charge in [0.1, 0.15) is 5.65 Å². The van der Waals surface area contributed by atoms with Crippen LogP contribution in [0.15, 0.2) is 47.6 Å². The molecular weight excluding hydrogens is 370 g/mol. The van der Waals surface area contributed by atoms with E-state index in [1.165, 1.54) is 0 Å². The molecule has 26 heavy (non-hydrogen) atoms. The first-order valence-corrected chi connectivity index (χ1v) is 10.5. The number of halogens is 1. The molecule has 0 unspecified atom stereocenters. The standard InChI is InChI=1S/C19H22ClN3O2S/c1-3-12-23-13-15(16-6-5-10-21-19(16)23)9-11-22-26(24,25)18-8-4-7-17(20)14(18)2/h4-8,10,13,22H,3,9,11-12H2,1-2H3. The van der Waals surface area contributed by atoms with Gasteiger partial charge in [0.05, 0.1) is 4.90 Å². The second-order valence-electron chi connectivity index (χ2n) is 6.23. The van der Waals surface area contributed by atoms with E-state index in [0.29, 0.717) is 23.6 Å². The maximum atomic E-state index is 12.6. The molecule has 0 saturated heterocycles. The predicted octanol–water partition coefficient (Wildman–Crippen LogP) is 3.93. The highest BCUT2D eigenvalue weighted by Crippen LogP contribution is 2.23. The largest absolute Gasteiger partial charge is 0.332 e. The SMILES string of the molecule is CCCn1cc(CCNS(=O)(=O)c2cccc(Cl)c2C)c2cccnc21. The van der Waals surface area contributed by atoms with Crippen LogP contribution in [0, 0.1) is 6.92 Å². The third-order valence-electron chi connectivity index (χ3n) is 4.37. The molecule has 0 radical (unpaired) electrons. The number of rotatable bonds is 7. The number of benzene rings is 1. The van der Waals surface area contributed by atoms with E-state index in [1.54, 1.807) is 31.3 Å². The molecule has 0 atom stereocenters. The van der Waals surface area contributed by atoms with Crippen molar-refractivity contribution in [1.29, 1.82) is 0 Å². The minimum Gasteiger partial charge on any atom is -0.332 e. The number of pyridine rings is 1. The fraction of sp³-hybridized carbons (Fsp3) is 0.316. The van der Waals surface area contributed by atoms with Gasteiger partial charge in [-0.05, 0) is 55.2 Å². The molecule has 2 heterocycles. The molecule has 0 aliphatic carbocycles. The first-order chi connectivity index (χ1) is 12.4. The van der Waals surface area contributed by atoms with Crippen LogP contribution in [0.25, 0.3) is 11.0 Å². The van der Waals surface area contributed by atoms with Gasteiger partial charge in [0, 0.05) is 35.9 Å². The van der Waals surface area contributed by atoms with Gasteiger partial charge in [0.15, 0.2) is 0 Å². The van der Waals surface area contributed by atoms with Crippen LogP contribution in [0.4, 0.5) is 0 Å². The number of sulfonamides is 1. The average Bonchev–Trinajstić information content (AvgIpc) is 2.96. The molecule has 3 aromatic rings. The Morgan fingerprint density at radius 2 is 2.04 bits per heavy atom. The van der Waals surface area contributed by atoms with Gasteiger partial charge >= 0.3 is 0 Å². The summed E-state index contributed by atoms with van der Waals surface area (Å²) in [5.74, 6) is 0. The van der Waals surface area contributed by atoms with Crippen LogP contribution in [0.3, 0.4) is 0 Å². The van der Waals surface area contributed by atoms with Crippen molar-refractivity contribution in [3.05, 3.63) is 58.9 Å². The van der Waals surface area contributed by atoms with Gasteiger partial charge in [-0.1, -0.05) is 24.6 Å². The number of nitrogens with one attached hydrogen (secondary N) is 1. The second-order valence-corrected chi connectivity index (χ2v) is 8.38. The van der Waals surface area contributed by atoms with Crippen molar-refractivity contribution in [2.45, 2.75) is 38.1 Å². The van der Waals surface area contributed by atoms with E-state index in [1.807, 2.05) is 12.1 Å². The molecule has 0 amide bonds. The Morgan fingerprint density at radius 3 is 2.81 bits per heavy atom. The topological polar surface area (TPSA) is 64.0 Å². The Hall–Kier alpha value is -1.89. The molecule has 0 saturated carbocycles. The van der Waals surface area contributed by atoms with Gasteiger partial charge in [-0.2, -0.15) is 0 Å². The summed E-state index contributed by atoms with van der Waals surface area (Å²) in [4.78, 5) is 4.68. The van der Waals surface area contributed by atoms with E-state index >= 15 is 0 Å². The molecule has 0 aliphatic rings. The maximum absolute atomic E-state index is 12.6. The van der Waals surface area contributed by atoms with Crippen LogP contribution in [0.5, 0.6) is 0 Å². The smallest absolute Gasteiger partial charge is 0.240 e. The van der Waals surface area contributed by atoms with Crippen molar-refractivity contribution in [3.8, 4) is 0 Å². The van der Waals surface area contributed by atoms with Crippen molar-refractivity contribution in [2.75, 3.05) is 6.54 Å². The first-order valence-electron chi connectivity index (χ1n) is 8.61. The number of hydrogen-bond donors (Lipinski definition) is 1. The van der Waals surface area contributed by atoms with Crippen molar-refractivity contribution < 1.29 is 8.42 Å². The van der Waals surface area contributed by atoms with Gasteiger partial charge < -0.3 is 4.57 Å². The summed E-state index contributed by atoms with van der Waals surface area (Å²) < 4.78 is 30.0. The lowest BCUT2D eigenvalue weighted by Gasteiger charge is -2.10. The molecule has 0 aliphatic heterocycles. The van der Waals surface area contributed by atoms with Crippen LogP contribution in [-0.2, 0) is 23.0 Å². The van der Waals surface area contributed by atoms with Crippen LogP contribution in [0.2, 0.25) is 5.02 Å². The van der Waals surface area contributed by atoms with Crippen LogP contribution in [0.1, 0.15) is 24.5 Å². The predicted molar refractivity (Wildman–Crippen MR) is 105 cm³/mol. The highest BCUT2D eigenvalue weighted by atomic mass is 35.5. The molecule has 0 spiro atoms. The number of nitrogens with zero attached hydrogens (tertiary/aromatic N) is 2. The van der Waals surface area contributed by atoms with E-state index in [2.05, 4.69) is 27.4 Å². The van der Waals surface area contributed by atoms with Crippen LogP contribution < -0.4 is 4.72 Å². The quantitative estimate of drug-likeness (QED) is 0.663. The first kappa shape index (κ1) is 18.9. The van der Waals surface area contributed by atoms with Crippen molar-refractivity contribution in [3.63, 3.8) is 0 Å². The fourth-order valence-electron chi connectivity index (χ4n) is 3.08. The number of fused-ring (bicyclic) bond motifs is 1. The molecule has 1 N–H and O–H groups in total. The summed E-state index contributed by atoms with van der Waals surface area (Å²) in [5.41, 5.74) is 2.59. The molecule has 0 bridgehead atoms. The fourth-order valence-corrected chi connectivity index (χ4v) is 4.61. The van der Waals surface area contributed by atoms with E-state index in [0.717, 1.165) is 29.6 Å². The zero-order valence-electron chi connectivity index (χ0n) is 14.9. The van der Waals surface area contributed by atoms with Crippen molar-refractivity contribution >= 4 is 32.7 Å².